The second-order valence-electron chi connectivity index (χ2n) is 19.9. The van der Waals surface area contributed by atoms with Crippen molar-refractivity contribution >= 4 is 85.8 Å². The Kier molecular flexibility index (Phi) is 47.4. The van der Waals surface area contributed by atoms with E-state index in [4.69, 9.17) is 48.0 Å². The van der Waals surface area contributed by atoms with Crippen LogP contribution in [0, 0.1) is 47.4 Å². The number of hydrogen-bond acceptors (Lipinski definition) is 22. The van der Waals surface area contributed by atoms with Gasteiger partial charge in [0.2, 0.25) is 0 Å². The van der Waals surface area contributed by atoms with Crippen molar-refractivity contribution in [2.75, 3.05) is 163 Å². The predicted octanol–water partition coefficient (Wildman–Crippen LogP) is 12.4. The molecule has 0 spiro atoms. The van der Waals surface area contributed by atoms with Gasteiger partial charge >= 0.3 is 11.4 Å². The summed E-state index contributed by atoms with van der Waals surface area (Å²) in [6.45, 7) is 17.7. The Balaban J connectivity index is 0.00000115. The van der Waals surface area contributed by atoms with Crippen LogP contribution in [-0.4, -0.2) is 166 Å². The van der Waals surface area contributed by atoms with Gasteiger partial charge in [-0.15, -0.1) is 0 Å². The normalized spacial score (nSPS) is 10.5. The van der Waals surface area contributed by atoms with E-state index in [9.17, 15) is 40.5 Å². The number of nitro benzene ring substituents is 4. The van der Waals surface area contributed by atoms with E-state index in [1.807, 2.05) is 26.0 Å². The molecule has 4 aromatic rings. The lowest BCUT2D eigenvalue weighted by molar-refractivity contribution is -0.384. The molecule has 11 N–H and O–H groups in total. The van der Waals surface area contributed by atoms with Gasteiger partial charge in [-0.2, -0.15) is 0 Å². The molecule has 0 aliphatic carbocycles. The lowest BCUT2D eigenvalue weighted by Gasteiger charge is -2.15. The maximum atomic E-state index is 11.4. The van der Waals surface area contributed by atoms with Crippen LogP contribution >= 0.6 is 23.2 Å². The van der Waals surface area contributed by atoms with E-state index in [0.717, 1.165) is 115 Å². The van der Waals surface area contributed by atoms with E-state index in [2.05, 4.69) is 68.3 Å². The van der Waals surface area contributed by atoms with Gasteiger partial charge in [0, 0.05) is 94.0 Å². The van der Waals surface area contributed by atoms with Gasteiger partial charge in [-0.25, -0.2) is 0 Å². The Morgan fingerprint density at radius 2 is 0.932 bits per heavy atom. The molecule has 4 aromatic carbocycles. The molecule has 26 nitrogen and oxygen atoms in total. The molecule has 0 aromatic heterocycles. The van der Waals surface area contributed by atoms with Gasteiger partial charge in [-0.05, 0) is 159 Å². The van der Waals surface area contributed by atoms with E-state index in [0.29, 0.717) is 90.2 Å². The Labute approximate surface area is 530 Å². The summed E-state index contributed by atoms with van der Waals surface area (Å²) in [5, 5.41) is 96.3. The monoisotopic (exact) mass is 1280 g/mol. The standard InChI is InChI=1S/C16H26ClN3O4.C15H24ClN3O5.C14H24N4O2.C14H23N3O2.CH4/c17-13-11-14(18-7-3-1-5-9-21)16(20(23)24)15(12-13)19-8-4-2-6-10-22;1-2-6-23-7-3-17-13-10-12(16)11-14(15(13)19(21)22)18-4-8-24-9-5-20;1-4-9-17(3)10-5-8-16-12-6-7-13(15-2)14(11-12)18(19)20;1-3-4-8-15-9-5-10-16-13-7-6-12(2)11-14(13)17(18)19;/h11-12,18-19,21-22H,1-10H2;10-11,17-18,20H,2-9H2,1H3;6-7,11,15-16H,4-5,8-10H2,1-3H3;6-7,11,15-16H,3-5,8-10H2,1-2H3;1H4. The summed E-state index contributed by atoms with van der Waals surface area (Å²) >= 11 is 12.1. The molecule has 0 heterocycles. The molecule has 4 rings (SSSR count). The van der Waals surface area contributed by atoms with Gasteiger partial charge in [0.05, 0.1) is 46.1 Å². The van der Waals surface area contributed by atoms with Gasteiger partial charge in [0.25, 0.3) is 11.4 Å². The summed E-state index contributed by atoms with van der Waals surface area (Å²) < 4.78 is 10.5. The summed E-state index contributed by atoms with van der Waals surface area (Å²) in [5.74, 6) is 0. The smallest absolute Gasteiger partial charge is 0.315 e. The van der Waals surface area contributed by atoms with Gasteiger partial charge in [0.15, 0.2) is 0 Å². The molecule has 0 aliphatic rings. The van der Waals surface area contributed by atoms with Crippen molar-refractivity contribution in [2.24, 2.45) is 0 Å². The van der Waals surface area contributed by atoms with E-state index >= 15 is 0 Å². The molecule has 0 amide bonds. The molecular weight excluding hydrogens is 1180 g/mol. The summed E-state index contributed by atoms with van der Waals surface area (Å²) in [5.41, 5.74) is 4.44. The zero-order chi connectivity index (χ0) is 64.6. The van der Waals surface area contributed by atoms with Crippen LogP contribution in [0.3, 0.4) is 0 Å². The number of nitrogens with zero attached hydrogens (tertiary/aromatic N) is 5. The third-order valence-corrected chi connectivity index (χ3v) is 13.0. The number of rotatable bonds is 44. The van der Waals surface area contributed by atoms with Crippen molar-refractivity contribution < 1.29 is 44.5 Å². The first-order valence-corrected chi connectivity index (χ1v) is 30.7. The van der Waals surface area contributed by atoms with Crippen molar-refractivity contribution in [1.82, 2.24) is 10.2 Å². The average Bonchev–Trinajstić information content (AvgIpc) is 3.48. The largest absolute Gasteiger partial charge is 0.396 e. The zero-order valence-electron chi connectivity index (χ0n) is 51.7. The summed E-state index contributed by atoms with van der Waals surface area (Å²) in [7, 11) is 3.79. The fourth-order valence-electron chi connectivity index (χ4n) is 8.22. The van der Waals surface area contributed by atoms with E-state index in [-0.39, 0.29) is 66.5 Å². The highest BCUT2D eigenvalue weighted by Crippen LogP contribution is 2.38. The van der Waals surface area contributed by atoms with Crippen LogP contribution in [-0.2, 0) is 9.47 Å². The average molecular weight is 1280 g/mol. The van der Waals surface area contributed by atoms with E-state index < -0.39 is 9.85 Å². The molecule has 0 fully saturated rings. The number of benzene rings is 4. The molecule has 498 valence electrons. The lowest BCUT2D eigenvalue weighted by Crippen LogP contribution is -2.22. The molecule has 0 saturated heterocycles. The summed E-state index contributed by atoms with van der Waals surface area (Å²) in [4.78, 5) is 45.4. The molecule has 0 atom stereocenters. The van der Waals surface area contributed by atoms with Crippen molar-refractivity contribution in [3.63, 3.8) is 0 Å². The highest BCUT2D eigenvalue weighted by Gasteiger charge is 2.23. The zero-order valence-corrected chi connectivity index (χ0v) is 53.2. The second kappa shape index (κ2) is 51.3. The highest BCUT2D eigenvalue weighted by molar-refractivity contribution is 6.31. The minimum atomic E-state index is -0.456. The third-order valence-electron chi connectivity index (χ3n) is 12.5. The second-order valence-corrected chi connectivity index (χ2v) is 20.8. The predicted molar refractivity (Wildman–Crippen MR) is 360 cm³/mol. The molecule has 88 heavy (non-hydrogen) atoms. The first-order chi connectivity index (χ1) is 41.9. The maximum Gasteiger partial charge on any atom is 0.315 e. The lowest BCUT2D eigenvalue weighted by atomic mass is 10.2. The molecule has 0 bridgehead atoms. The fraction of sp³-hybridized carbons (Fsp3) is 0.600. The molecular formula is C60H101Cl2N13O13. The SMILES string of the molecule is C.CCCCNCCCNc1ccc(C)cc1[N+](=O)[O-].CCCN(C)CCCNc1ccc(NC)c([N+](=O)[O-])c1.CCCOCCNc1cc(Cl)cc(NCCOCCO)c1[N+](=O)[O-].O=[N+]([O-])c1c(NCCCCCO)cc(Cl)cc1NCCCCCO. The molecule has 0 saturated carbocycles. The van der Waals surface area contributed by atoms with Crippen molar-refractivity contribution in [3.8, 4) is 0 Å². The van der Waals surface area contributed by atoms with Crippen LogP contribution in [0.5, 0.6) is 0 Å². The van der Waals surface area contributed by atoms with Crippen LogP contribution in [0.1, 0.15) is 111 Å². The Hall–Kier alpha value is -6.62. The number of nitro groups is 4. The topological polar surface area (TPSA) is 351 Å². The quantitative estimate of drug-likeness (QED) is 0.0111. The highest BCUT2D eigenvalue weighted by atomic mass is 35.5. The maximum absolute atomic E-state index is 11.4. The number of aliphatic hydroxyl groups excluding tert-OH is 3. The minimum absolute atomic E-state index is 0. The van der Waals surface area contributed by atoms with Gasteiger partial charge in [-0.1, -0.05) is 63.9 Å². The number of nitrogens with one attached hydrogen (secondary N) is 8. The Morgan fingerprint density at radius 1 is 0.466 bits per heavy atom. The first kappa shape index (κ1) is 81.4. The minimum Gasteiger partial charge on any atom is -0.396 e. The Morgan fingerprint density at radius 3 is 1.40 bits per heavy atom. The van der Waals surface area contributed by atoms with Crippen molar-refractivity contribution in [1.29, 1.82) is 0 Å². The molecule has 0 aliphatic heterocycles. The summed E-state index contributed by atoms with van der Waals surface area (Å²) in [6.07, 6.45) is 11.2. The number of aryl methyl sites for hydroxylation is 1. The Bertz CT molecular complexity index is 2400. The van der Waals surface area contributed by atoms with Gasteiger partial charge in [-0.3, -0.25) is 40.5 Å². The number of halogens is 2. The molecule has 0 radical (unpaired) electrons. The van der Waals surface area contributed by atoms with Gasteiger partial charge in [0.1, 0.15) is 34.1 Å². The number of aliphatic hydroxyl groups is 3. The first-order valence-electron chi connectivity index (χ1n) is 29.9. The van der Waals surface area contributed by atoms with E-state index in [1.54, 1.807) is 43.4 Å². The fourth-order valence-corrected chi connectivity index (χ4v) is 8.65. The van der Waals surface area contributed by atoms with Crippen molar-refractivity contribution in [2.45, 2.75) is 112 Å². The third kappa shape index (κ3) is 36.0. The number of anilines is 7. The molecule has 28 heteroatoms. The summed E-state index contributed by atoms with van der Waals surface area (Å²) in [6, 6.07) is 16.6. The number of hydrogen-bond donors (Lipinski definition) is 11. The van der Waals surface area contributed by atoms with Crippen LogP contribution < -0.4 is 42.5 Å². The number of unbranched alkanes of at least 4 members (excludes halogenated alkanes) is 5. The van der Waals surface area contributed by atoms with Gasteiger partial charge < -0.3 is 72.2 Å². The van der Waals surface area contributed by atoms with Crippen LogP contribution in [0.2, 0.25) is 10.0 Å². The van der Waals surface area contributed by atoms with Crippen LogP contribution in [0.15, 0.2) is 60.7 Å². The molecule has 0 unspecified atom stereocenters. The van der Waals surface area contributed by atoms with E-state index in [1.165, 1.54) is 25.0 Å². The van der Waals surface area contributed by atoms with Crippen molar-refractivity contribution in [3.05, 3.63) is 117 Å². The number of ether oxygens (including phenoxy) is 2. The van der Waals surface area contributed by atoms with Crippen LogP contribution in [0.4, 0.5) is 62.6 Å². The van der Waals surface area contributed by atoms with Crippen LogP contribution in [0.25, 0.3) is 0 Å².